The van der Waals surface area contributed by atoms with Crippen molar-refractivity contribution in [3.05, 3.63) is 35.4 Å². The summed E-state index contributed by atoms with van der Waals surface area (Å²) in [7, 11) is 1.64. The maximum Gasteiger partial charge on any atom is 0.241 e. The van der Waals surface area contributed by atoms with Crippen LogP contribution in [0.15, 0.2) is 24.3 Å². The number of rotatable bonds is 6. The predicted octanol–water partition coefficient (Wildman–Crippen LogP) is 1.57. The molecule has 1 unspecified atom stereocenters. The number of methoxy groups -OCH3 is 1. The highest BCUT2D eigenvalue weighted by molar-refractivity contribution is 5.85. The van der Waals surface area contributed by atoms with Crippen molar-refractivity contribution in [3.63, 3.8) is 0 Å². The zero-order valence-electron chi connectivity index (χ0n) is 10.8. The molecule has 0 aliphatic heterocycles. The highest BCUT2D eigenvalue weighted by Crippen LogP contribution is 2.11. The molecule has 0 aromatic heterocycles. The first-order valence-corrected chi connectivity index (χ1v) is 5.74. The Bertz CT molecular complexity index is 355. The van der Waals surface area contributed by atoms with Gasteiger partial charge in [-0.1, -0.05) is 29.8 Å². The standard InChI is InChI=1S/C13H20N2O2.ClH/c1-10-4-6-11(7-5-10)12(14)13(16)15-8-3-9-17-2;/h4-7,12H,3,8-9,14H2,1-2H3,(H,15,16);1H. The SMILES string of the molecule is COCCCNC(=O)C(N)c1ccc(C)cc1.Cl. The van der Waals surface area contributed by atoms with Crippen LogP contribution in [0.2, 0.25) is 0 Å². The molecule has 1 aromatic rings. The molecule has 1 rings (SSSR count). The second-order valence-electron chi connectivity index (χ2n) is 4.03. The van der Waals surface area contributed by atoms with E-state index in [0.717, 1.165) is 17.5 Å². The van der Waals surface area contributed by atoms with E-state index in [9.17, 15) is 4.79 Å². The number of amides is 1. The molecule has 5 heteroatoms. The number of carbonyl (C=O) groups is 1. The molecule has 1 atom stereocenters. The van der Waals surface area contributed by atoms with Crippen LogP contribution in [0.25, 0.3) is 0 Å². The third kappa shape index (κ3) is 5.49. The molecule has 0 bridgehead atoms. The third-order valence-corrected chi connectivity index (χ3v) is 2.54. The van der Waals surface area contributed by atoms with E-state index < -0.39 is 6.04 Å². The molecule has 0 aliphatic rings. The molecule has 0 saturated heterocycles. The first kappa shape index (κ1) is 16.9. The second kappa shape index (κ2) is 8.91. The second-order valence-corrected chi connectivity index (χ2v) is 4.03. The van der Waals surface area contributed by atoms with Crippen LogP contribution in [-0.4, -0.2) is 26.2 Å². The Hall–Kier alpha value is -1.10. The molecule has 1 aromatic carbocycles. The van der Waals surface area contributed by atoms with Crippen molar-refractivity contribution in [1.82, 2.24) is 5.32 Å². The highest BCUT2D eigenvalue weighted by Gasteiger charge is 2.14. The fourth-order valence-electron chi connectivity index (χ4n) is 1.46. The van der Waals surface area contributed by atoms with Gasteiger partial charge in [-0.05, 0) is 18.9 Å². The van der Waals surface area contributed by atoms with Crippen LogP contribution in [0, 0.1) is 6.92 Å². The van der Waals surface area contributed by atoms with Gasteiger partial charge in [0.15, 0.2) is 0 Å². The molecular weight excluding hydrogens is 252 g/mol. The summed E-state index contributed by atoms with van der Waals surface area (Å²) in [6.45, 7) is 3.23. The van der Waals surface area contributed by atoms with Gasteiger partial charge in [0.1, 0.15) is 6.04 Å². The summed E-state index contributed by atoms with van der Waals surface area (Å²) in [4.78, 5) is 11.7. The number of benzene rings is 1. The zero-order valence-corrected chi connectivity index (χ0v) is 11.6. The van der Waals surface area contributed by atoms with Crippen molar-refractivity contribution >= 4 is 18.3 Å². The lowest BCUT2D eigenvalue weighted by Crippen LogP contribution is -2.34. The zero-order chi connectivity index (χ0) is 12.7. The van der Waals surface area contributed by atoms with Crippen LogP contribution in [0.3, 0.4) is 0 Å². The molecule has 0 radical (unpaired) electrons. The largest absolute Gasteiger partial charge is 0.385 e. The van der Waals surface area contributed by atoms with Crippen molar-refractivity contribution in [3.8, 4) is 0 Å². The van der Waals surface area contributed by atoms with E-state index in [-0.39, 0.29) is 18.3 Å². The lowest BCUT2D eigenvalue weighted by molar-refractivity contribution is -0.122. The van der Waals surface area contributed by atoms with Gasteiger partial charge in [0.25, 0.3) is 0 Å². The number of nitrogens with one attached hydrogen (secondary N) is 1. The van der Waals surface area contributed by atoms with Gasteiger partial charge in [-0.2, -0.15) is 0 Å². The number of nitrogens with two attached hydrogens (primary N) is 1. The number of carbonyl (C=O) groups excluding carboxylic acids is 1. The number of halogens is 1. The van der Waals surface area contributed by atoms with Crippen molar-refractivity contribution in [1.29, 1.82) is 0 Å². The quantitative estimate of drug-likeness (QED) is 0.773. The molecular formula is C13H21ClN2O2. The minimum absolute atomic E-state index is 0. The minimum atomic E-state index is -0.599. The third-order valence-electron chi connectivity index (χ3n) is 2.54. The van der Waals surface area contributed by atoms with E-state index in [1.807, 2.05) is 31.2 Å². The van der Waals surface area contributed by atoms with Gasteiger partial charge in [0.2, 0.25) is 5.91 Å². The van der Waals surface area contributed by atoms with E-state index in [0.29, 0.717) is 13.2 Å². The Balaban J connectivity index is 0.00000289. The van der Waals surface area contributed by atoms with Crippen LogP contribution in [0.4, 0.5) is 0 Å². The first-order valence-electron chi connectivity index (χ1n) is 5.74. The number of aryl methyl sites for hydroxylation is 1. The summed E-state index contributed by atoms with van der Waals surface area (Å²) in [5.74, 6) is -0.148. The first-order chi connectivity index (χ1) is 8.15. The van der Waals surface area contributed by atoms with Gasteiger partial charge in [0, 0.05) is 20.3 Å². The Morgan fingerprint density at radius 1 is 1.39 bits per heavy atom. The van der Waals surface area contributed by atoms with Crippen LogP contribution in [0.5, 0.6) is 0 Å². The van der Waals surface area contributed by atoms with Gasteiger partial charge in [-0.25, -0.2) is 0 Å². The van der Waals surface area contributed by atoms with Crippen LogP contribution >= 0.6 is 12.4 Å². The maximum atomic E-state index is 11.7. The van der Waals surface area contributed by atoms with Gasteiger partial charge in [-0.15, -0.1) is 12.4 Å². The van der Waals surface area contributed by atoms with Crippen molar-refractivity contribution in [2.24, 2.45) is 5.73 Å². The van der Waals surface area contributed by atoms with Gasteiger partial charge in [0.05, 0.1) is 0 Å². The molecule has 0 saturated carbocycles. The lowest BCUT2D eigenvalue weighted by Gasteiger charge is -2.12. The van der Waals surface area contributed by atoms with Crippen LogP contribution in [-0.2, 0) is 9.53 Å². The van der Waals surface area contributed by atoms with Crippen LogP contribution in [0.1, 0.15) is 23.6 Å². The molecule has 0 heterocycles. The van der Waals surface area contributed by atoms with Gasteiger partial charge >= 0.3 is 0 Å². The summed E-state index contributed by atoms with van der Waals surface area (Å²) in [6, 6.07) is 7.07. The van der Waals surface area contributed by atoms with Crippen molar-refractivity contribution in [2.45, 2.75) is 19.4 Å². The number of hydrogen-bond donors (Lipinski definition) is 2. The Morgan fingerprint density at radius 3 is 2.56 bits per heavy atom. The van der Waals surface area contributed by atoms with E-state index >= 15 is 0 Å². The molecule has 3 N–H and O–H groups in total. The molecule has 18 heavy (non-hydrogen) atoms. The lowest BCUT2D eigenvalue weighted by atomic mass is 10.1. The van der Waals surface area contributed by atoms with Gasteiger partial charge in [-0.3, -0.25) is 4.79 Å². The van der Waals surface area contributed by atoms with Crippen LogP contribution < -0.4 is 11.1 Å². The molecule has 4 nitrogen and oxygen atoms in total. The summed E-state index contributed by atoms with van der Waals surface area (Å²) in [5, 5.41) is 2.79. The fourth-order valence-corrected chi connectivity index (χ4v) is 1.46. The highest BCUT2D eigenvalue weighted by atomic mass is 35.5. The number of hydrogen-bond acceptors (Lipinski definition) is 3. The molecule has 0 aliphatic carbocycles. The topological polar surface area (TPSA) is 64.3 Å². The molecule has 1 amide bonds. The Kier molecular flexibility index (Phi) is 8.37. The summed E-state index contributed by atoms with van der Waals surface area (Å²) in [5.41, 5.74) is 7.85. The maximum absolute atomic E-state index is 11.7. The normalized spacial score (nSPS) is 11.5. The van der Waals surface area contributed by atoms with E-state index in [4.69, 9.17) is 10.5 Å². The minimum Gasteiger partial charge on any atom is -0.385 e. The average Bonchev–Trinajstić information content (AvgIpc) is 2.34. The summed E-state index contributed by atoms with van der Waals surface area (Å²) < 4.78 is 4.90. The molecule has 0 fully saturated rings. The monoisotopic (exact) mass is 272 g/mol. The molecule has 0 spiro atoms. The fraction of sp³-hybridized carbons (Fsp3) is 0.462. The van der Waals surface area contributed by atoms with Crippen molar-refractivity contribution in [2.75, 3.05) is 20.3 Å². The summed E-state index contributed by atoms with van der Waals surface area (Å²) in [6.07, 6.45) is 0.795. The van der Waals surface area contributed by atoms with E-state index in [1.165, 1.54) is 0 Å². The molecule has 102 valence electrons. The number of ether oxygens (including phenoxy) is 1. The summed E-state index contributed by atoms with van der Waals surface area (Å²) >= 11 is 0. The Morgan fingerprint density at radius 2 is 2.00 bits per heavy atom. The van der Waals surface area contributed by atoms with E-state index in [1.54, 1.807) is 7.11 Å². The van der Waals surface area contributed by atoms with E-state index in [2.05, 4.69) is 5.32 Å². The smallest absolute Gasteiger partial charge is 0.241 e. The average molecular weight is 273 g/mol. The van der Waals surface area contributed by atoms with Gasteiger partial charge < -0.3 is 15.8 Å². The predicted molar refractivity (Wildman–Crippen MR) is 74.9 cm³/mol. The Labute approximate surface area is 114 Å². The van der Waals surface area contributed by atoms with Crippen molar-refractivity contribution < 1.29 is 9.53 Å².